The lowest BCUT2D eigenvalue weighted by atomic mass is 10.1. The Hall–Kier alpha value is -3.02. The SMILES string of the molecule is CCC1=C(O)OC(C)(c2nn(Cc3ccccc3F)c3ccccc23)N1. The number of ether oxygens (including phenoxy) is 1. The highest BCUT2D eigenvalue weighted by Crippen LogP contribution is 2.36. The zero-order valence-electron chi connectivity index (χ0n) is 14.7. The molecule has 1 aliphatic heterocycles. The van der Waals surface area contributed by atoms with Gasteiger partial charge in [0.15, 0.2) is 0 Å². The van der Waals surface area contributed by atoms with Gasteiger partial charge in [-0.3, -0.25) is 4.68 Å². The highest BCUT2D eigenvalue weighted by Gasteiger charge is 2.41. The number of hydrogen-bond donors (Lipinski definition) is 2. The lowest BCUT2D eigenvalue weighted by Gasteiger charge is -2.23. The smallest absolute Gasteiger partial charge is 0.299 e. The monoisotopic (exact) mass is 353 g/mol. The normalized spacial score (nSPS) is 19.7. The van der Waals surface area contributed by atoms with Crippen molar-refractivity contribution in [1.82, 2.24) is 15.1 Å². The van der Waals surface area contributed by atoms with E-state index in [4.69, 9.17) is 9.84 Å². The van der Waals surface area contributed by atoms with Crippen molar-refractivity contribution < 1.29 is 14.2 Å². The number of para-hydroxylation sites is 1. The Morgan fingerprint density at radius 3 is 2.65 bits per heavy atom. The molecule has 1 aromatic heterocycles. The van der Waals surface area contributed by atoms with Gasteiger partial charge < -0.3 is 15.2 Å². The van der Waals surface area contributed by atoms with Crippen LogP contribution in [-0.4, -0.2) is 14.9 Å². The van der Waals surface area contributed by atoms with Crippen molar-refractivity contribution in [2.75, 3.05) is 0 Å². The molecule has 6 heteroatoms. The number of benzene rings is 2. The molecule has 0 saturated heterocycles. The summed E-state index contributed by atoms with van der Waals surface area (Å²) in [6, 6.07) is 14.4. The number of aliphatic hydroxyl groups is 1. The molecular weight excluding hydrogens is 333 g/mol. The van der Waals surface area contributed by atoms with Crippen LogP contribution in [0.25, 0.3) is 10.9 Å². The zero-order chi connectivity index (χ0) is 18.3. The predicted octanol–water partition coefficient (Wildman–Crippen LogP) is 4.15. The fourth-order valence-corrected chi connectivity index (χ4v) is 3.36. The van der Waals surface area contributed by atoms with Gasteiger partial charge in [0.2, 0.25) is 5.72 Å². The van der Waals surface area contributed by atoms with Crippen molar-refractivity contribution in [2.45, 2.75) is 32.5 Å². The van der Waals surface area contributed by atoms with Gasteiger partial charge in [-0.15, -0.1) is 0 Å². The average molecular weight is 353 g/mol. The average Bonchev–Trinajstić information content (AvgIpc) is 3.15. The second-order valence-electron chi connectivity index (χ2n) is 6.51. The minimum Gasteiger partial charge on any atom is -0.480 e. The van der Waals surface area contributed by atoms with Crippen molar-refractivity contribution in [3.63, 3.8) is 0 Å². The maximum atomic E-state index is 14.1. The van der Waals surface area contributed by atoms with Gasteiger partial charge in [-0.25, -0.2) is 4.39 Å². The highest BCUT2D eigenvalue weighted by atomic mass is 19.1. The maximum Gasteiger partial charge on any atom is 0.299 e. The van der Waals surface area contributed by atoms with Crippen LogP contribution < -0.4 is 5.32 Å². The van der Waals surface area contributed by atoms with Crippen LogP contribution in [0.15, 0.2) is 60.2 Å². The molecule has 1 unspecified atom stereocenters. The lowest BCUT2D eigenvalue weighted by Crippen LogP contribution is -2.36. The Balaban J connectivity index is 1.79. The van der Waals surface area contributed by atoms with Crippen LogP contribution in [-0.2, 0) is 17.0 Å². The van der Waals surface area contributed by atoms with Gasteiger partial charge in [-0.2, -0.15) is 5.10 Å². The molecule has 26 heavy (non-hydrogen) atoms. The van der Waals surface area contributed by atoms with Crippen LogP contribution in [0.3, 0.4) is 0 Å². The van der Waals surface area contributed by atoms with E-state index >= 15 is 0 Å². The summed E-state index contributed by atoms with van der Waals surface area (Å²) >= 11 is 0. The van der Waals surface area contributed by atoms with Crippen LogP contribution in [0.5, 0.6) is 0 Å². The first-order chi connectivity index (χ1) is 12.5. The van der Waals surface area contributed by atoms with Gasteiger partial charge in [0.25, 0.3) is 5.95 Å². The van der Waals surface area contributed by atoms with Gasteiger partial charge in [-0.1, -0.05) is 43.3 Å². The van der Waals surface area contributed by atoms with E-state index in [1.165, 1.54) is 6.07 Å². The number of nitrogens with zero attached hydrogens (tertiary/aromatic N) is 2. The summed E-state index contributed by atoms with van der Waals surface area (Å²) in [6.45, 7) is 4.07. The molecule has 0 saturated carbocycles. The number of allylic oxidation sites excluding steroid dienone is 1. The third-order valence-corrected chi connectivity index (χ3v) is 4.69. The molecule has 134 valence electrons. The van der Waals surface area contributed by atoms with Gasteiger partial charge >= 0.3 is 0 Å². The highest BCUT2D eigenvalue weighted by molar-refractivity contribution is 5.83. The van der Waals surface area contributed by atoms with Crippen LogP contribution in [0.2, 0.25) is 0 Å². The molecule has 1 aliphatic rings. The van der Waals surface area contributed by atoms with E-state index in [-0.39, 0.29) is 11.8 Å². The number of nitrogens with one attached hydrogen (secondary N) is 1. The first-order valence-corrected chi connectivity index (χ1v) is 8.60. The molecule has 2 heterocycles. The number of halogens is 1. The maximum absolute atomic E-state index is 14.1. The van der Waals surface area contributed by atoms with Gasteiger partial charge in [0.1, 0.15) is 11.5 Å². The molecule has 0 amide bonds. The van der Waals surface area contributed by atoms with E-state index in [0.29, 0.717) is 29.9 Å². The molecule has 0 spiro atoms. The third kappa shape index (κ3) is 2.58. The van der Waals surface area contributed by atoms with E-state index in [9.17, 15) is 9.50 Å². The van der Waals surface area contributed by atoms with Crippen molar-refractivity contribution in [3.05, 3.63) is 77.2 Å². The molecule has 5 nitrogen and oxygen atoms in total. The third-order valence-electron chi connectivity index (χ3n) is 4.69. The summed E-state index contributed by atoms with van der Waals surface area (Å²) in [7, 11) is 0. The standard InChI is InChI=1S/C20H20FN3O2/c1-3-16-19(25)26-20(2,22-16)18-14-9-5-7-11-17(14)24(23-18)12-13-8-4-6-10-15(13)21/h4-11,22,25H,3,12H2,1-2H3. The fourth-order valence-electron chi connectivity index (χ4n) is 3.36. The Bertz CT molecular complexity index is 1010. The molecule has 0 radical (unpaired) electrons. The first kappa shape index (κ1) is 16.4. The van der Waals surface area contributed by atoms with Crippen molar-refractivity contribution in [2.24, 2.45) is 0 Å². The topological polar surface area (TPSA) is 59.3 Å². The van der Waals surface area contributed by atoms with E-state index in [0.717, 1.165) is 10.9 Å². The number of fused-ring (bicyclic) bond motifs is 1. The Morgan fingerprint density at radius 2 is 1.92 bits per heavy atom. The van der Waals surface area contributed by atoms with E-state index < -0.39 is 5.72 Å². The Morgan fingerprint density at radius 1 is 1.19 bits per heavy atom. The van der Waals surface area contributed by atoms with Crippen LogP contribution in [0, 0.1) is 5.82 Å². The second kappa shape index (κ2) is 6.05. The second-order valence-corrected chi connectivity index (χ2v) is 6.51. The number of rotatable bonds is 4. The molecule has 4 rings (SSSR count). The largest absolute Gasteiger partial charge is 0.480 e. The molecule has 0 aliphatic carbocycles. The fraction of sp³-hybridized carbons (Fsp3) is 0.250. The lowest BCUT2D eigenvalue weighted by molar-refractivity contribution is -0.0324. The molecule has 2 N–H and O–H groups in total. The summed E-state index contributed by atoms with van der Waals surface area (Å²) in [5.74, 6) is -0.370. The summed E-state index contributed by atoms with van der Waals surface area (Å²) < 4.78 is 21.6. The molecule has 3 aromatic rings. The Kier molecular flexibility index (Phi) is 3.83. The number of aliphatic hydroxyl groups excluding tert-OH is 1. The quantitative estimate of drug-likeness (QED) is 0.740. The summed E-state index contributed by atoms with van der Waals surface area (Å²) in [5, 5.41) is 18.9. The summed E-state index contributed by atoms with van der Waals surface area (Å²) in [5.41, 5.74) is 1.75. The van der Waals surface area contributed by atoms with Gasteiger partial charge in [0.05, 0.1) is 17.8 Å². The van der Waals surface area contributed by atoms with Crippen LogP contribution in [0.1, 0.15) is 31.5 Å². The molecule has 0 fully saturated rings. The minimum absolute atomic E-state index is 0.109. The Labute approximate surface area is 150 Å². The summed E-state index contributed by atoms with van der Waals surface area (Å²) in [4.78, 5) is 0. The van der Waals surface area contributed by atoms with Crippen molar-refractivity contribution in [3.8, 4) is 0 Å². The van der Waals surface area contributed by atoms with E-state index in [1.807, 2.05) is 44.2 Å². The number of aromatic nitrogens is 2. The number of hydrogen-bond acceptors (Lipinski definition) is 4. The molecule has 1 atom stereocenters. The van der Waals surface area contributed by atoms with Crippen molar-refractivity contribution >= 4 is 10.9 Å². The molecule has 0 bridgehead atoms. The molecular formula is C20H20FN3O2. The molecule has 2 aromatic carbocycles. The van der Waals surface area contributed by atoms with Gasteiger partial charge in [0, 0.05) is 17.9 Å². The van der Waals surface area contributed by atoms with Gasteiger partial charge in [-0.05, 0) is 18.6 Å². The van der Waals surface area contributed by atoms with Crippen LogP contribution >= 0.6 is 0 Å². The summed E-state index contributed by atoms with van der Waals surface area (Å²) in [6.07, 6.45) is 0.620. The van der Waals surface area contributed by atoms with E-state index in [2.05, 4.69) is 5.32 Å². The first-order valence-electron chi connectivity index (χ1n) is 8.60. The zero-order valence-corrected chi connectivity index (χ0v) is 14.7. The predicted molar refractivity (Wildman–Crippen MR) is 96.8 cm³/mol. The minimum atomic E-state index is -0.977. The van der Waals surface area contributed by atoms with E-state index in [1.54, 1.807) is 16.8 Å². The van der Waals surface area contributed by atoms with Crippen LogP contribution in [0.4, 0.5) is 4.39 Å². The van der Waals surface area contributed by atoms with Crippen molar-refractivity contribution in [1.29, 1.82) is 0 Å².